The number of anilines is 1. The zero-order valence-corrected chi connectivity index (χ0v) is 14.0. The van der Waals surface area contributed by atoms with Gasteiger partial charge in [-0.15, -0.1) is 0 Å². The average molecular weight is 307 g/mol. The first-order valence-electron chi connectivity index (χ1n) is 8.41. The molecule has 1 aliphatic rings. The molecular weight excluding hydrogens is 282 g/mol. The number of hydrogen-bond donors (Lipinski definition) is 2. The van der Waals surface area contributed by atoms with Gasteiger partial charge in [0.2, 0.25) is 0 Å². The summed E-state index contributed by atoms with van der Waals surface area (Å²) in [6.07, 6.45) is 2.13. The van der Waals surface area contributed by atoms with Crippen molar-refractivity contribution in [1.82, 2.24) is 5.32 Å². The highest BCUT2D eigenvalue weighted by Crippen LogP contribution is 2.16. The van der Waals surface area contributed by atoms with E-state index in [0.717, 1.165) is 37.6 Å². The molecule has 0 saturated carbocycles. The van der Waals surface area contributed by atoms with Crippen LogP contribution < -0.4 is 10.6 Å². The Bertz CT molecular complexity index is 654. The van der Waals surface area contributed by atoms with E-state index >= 15 is 0 Å². The highest BCUT2D eigenvalue weighted by atomic mass is 15.2. The quantitative estimate of drug-likeness (QED) is 0.880. The van der Waals surface area contributed by atoms with Crippen molar-refractivity contribution in [3.05, 3.63) is 65.2 Å². The van der Waals surface area contributed by atoms with Crippen molar-refractivity contribution in [1.29, 1.82) is 0 Å². The molecule has 0 unspecified atom stereocenters. The van der Waals surface area contributed by atoms with Gasteiger partial charge in [0.15, 0.2) is 5.96 Å². The second-order valence-corrected chi connectivity index (χ2v) is 6.57. The molecule has 23 heavy (non-hydrogen) atoms. The number of nitrogens with zero attached hydrogens (tertiary/aromatic N) is 1. The van der Waals surface area contributed by atoms with E-state index in [4.69, 9.17) is 0 Å². The summed E-state index contributed by atoms with van der Waals surface area (Å²) >= 11 is 0. The third kappa shape index (κ3) is 4.59. The predicted molar refractivity (Wildman–Crippen MR) is 98.2 cm³/mol. The summed E-state index contributed by atoms with van der Waals surface area (Å²) in [6.45, 7) is 6.30. The molecule has 0 aromatic heterocycles. The van der Waals surface area contributed by atoms with Crippen LogP contribution in [0.4, 0.5) is 5.69 Å². The fourth-order valence-corrected chi connectivity index (χ4v) is 2.82. The number of hydrogen-bond acceptors (Lipinski definition) is 3. The van der Waals surface area contributed by atoms with Crippen LogP contribution >= 0.6 is 0 Å². The van der Waals surface area contributed by atoms with E-state index in [0.29, 0.717) is 5.92 Å². The number of nitrogens with one attached hydrogen (secondary N) is 2. The van der Waals surface area contributed by atoms with Gasteiger partial charge in [-0.2, -0.15) is 0 Å². The van der Waals surface area contributed by atoms with E-state index in [2.05, 4.69) is 78.0 Å². The third-order valence-electron chi connectivity index (χ3n) is 3.97. The minimum absolute atomic E-state index is 0.708. The van der Waals surface area contributed by atoms with Crippen molar-refractivity contribution in [2.45, 2.75) is 26.7 Å². The van der Waals surface area contributed by atoms with Crippen LogP contribution in [0.25, 0.3) is 0 Å². The van der Waals surface area contributed by atoms with Gasteiger partial charge in [-0.05, 0) is 47.6 Å². The monoisotopic (exact) mass is 307 g/mol. The minimum Gasteiger partial charge on any atom is -0.354 e. The third-order valence-corrected chi connectivity index (χ3v) is 3.97. The Balaban J connectivity index is 1.59. The summed E-state index contributed by atoms with van der Waals surface area (Å²) in [6, 6.07) is 17.6. The first kappa shape index (κ1) is 15.6. The molecule has 0 fully saturated rings. The molecule has 0 bridgehead atoms. The summed E-state index contributed by atoms with van der Waals surface area (Å²) in [5.74, 6) is 1.58. The van der Waals surface area contributed by atoms with Crippen LogP contribution in [0, 0.1) is 5.92 Å². The molecule has 0 atom stereocenters. The molecular formula is C20H25N3. The molecule has 1 heterocycles. The zero-order valence-electron chi connectivity index (χ0n) is 14.0. The molecule has 3 rings (SSSR count). The van der Waals surface area contributed by atoms with Crippen LogP contribution in [-0.2, 0) is 12.8 Å². The second kappa shape index (κ2) is 7.32. The van der Waals surface area contributed by atoms with E-state index in [1.807, 2.05) is 0 Å². The largest absolute Gasteiger partial charge is 0.354 e. The van der Waals surface area contributed by atoms with Gasteiger partial charge in [-0.1, -0.05) is 50.2 Å². The van der Waals surface area contributed by atoms with Crippen LogP contribution in [0.1, 0.15) is 30.5 Å². The maximum Gasteiger partial charge on any atom is 0.195 e. The molecule has 0 aliphatic carbocycles. The standard InChI is InChI=1S/C20H25N3/c1-15(2)13-16-3-5-17(6-4-16)14-18-7-9-19(10-8-18)23-20-21-11-12-22-20/h3-10,15H,11-14H2,1-2H3,(H2,21,22,23). The Morgan fingerprint density at radius 1 is 0.957 bits per heavy atom. The Labute approximate surface area is 138 Å². The van der Waals surface area contributed by atoms with Crippen LogP contribution in [0.2, 0.25) is 0 Å². The van der Waals surface area contributed by atoms with Gasteiger partial charge >= 0.3 is 0 Å². The van der Waals surface area contributed by atoms with Gasteiger partial charge < -0.3 is 10.6 Å². The molecule has 3 heteroatoms. The lowest BCUT2D eigenvalue weighted by molar-refractivity contribution is 0.647. The highest BCUT2D eigenvalue weighted by molar-refractivity contribution is 5.94. The topological polar surface area (TPSA) is 36.4 Å². The second-order valence-electron chi connectivity index (χ2n) is 6.57. The highest BCUT2D eigenvalue weighted by Gasteiger charge is 2.05. The van der Waals surface area contributed by atoms with Gasteiger partial charge in [0.05, 0.1) is 6.54 Å². The fraction of sp³-hybridized carbons (Fsp3) is 0.350. The molecule has 1 aliphatic heterocycles. The van der Waals surface area contributed by atoms with Crippen molar-refractivity contribution >= 4 is 11.6 Å². The molecule has 2 aromatic carbocycles. The molecule has 0 radical (unpaired) electrons. The summed E-state index contributed by atoms with van der Waals surface area (Å²) in [7, 11) is 0. The predicted octanol–water partition coefficient (Wildman–Crippen LogP) is 3.85. The SMILES string of the molecule is CC(C)Cc1ccc(Cc2ccc(NC3=NCCN3)cc2)cc1. The average Bonchev–Trinajstić information content (AvgIpc) is 3.04. The molecule has 0 spiro atoms. The normalized spacial score (nSPS) is 13.8. The fourth-order valence-electron chi connectivity index (χ4n) is 2.82. The Morgan fingerprint density at radius 3 is 2.13 bits per heavy atom. The summed E-state index contributed by atoms with van der Waals surface area (Å²) in [4.78, 5) is 4.34. The smallest absolute Gasteiger partial charge is 0.195 e. The summed E-state index contributed by atoms with van der Waals surface area (Å²) < 4.78 is 0. The van der Waals surface area contributed by atoms with Crippen LogP contribution in [-0.4, -0.2) is 19.0 Å². The molecule has 2 N–H and O–H groups in total. The van der Waals surface area contributed by atoms with Crippen LogP contribution in [0.5, 0.6) is 0 Å². The van der Waals surface area contributed by atoms with Crippen molar-refractivity contribution in [2.24, 2.45) is 10.9 Å². The van der Waals surface area contributed by atoms with Crippen molar-refractivity contribution in [3.8, 4) is 0 Å². The van der Waals surface area contributed by atoms with Gasteiger partial charge in [-0.25, -0.2) is 0 Å². The van der Waals surface area contributed by atoms with Gasteiger partial charge in [0, 0.05) is 12.2 Å². The Morgan fingerprint density at radius 2 is 1.57 bits per heavy atom. The zero-order chi connectivity index (χ0) is 16.1. The van der Waals surface area contributed by atoms with Gasteiger partial charge in [-0.3, -0.25) is 4.99 Å². The molecule has 120 valence electrons. The van der Waals surface area contributed by atoms with Crippen molar-refractivity contribution in [3.63, 3.8) is 0 Å². The lowest BCUT2D eigenvalue weighted by Crippen LogP contribution is -2.26. The lowest BCUT2D eigenvalue weighted by Gasteiger charge is -2.09. The number of rotatable bonds is 5. The maximum atomic E-state index is 4.34. The first-order chi connectivity index (χ1) is 11.2. The maximum absolute atomic E-state index is 4.34. The van der Waals surface area contributed by atoms with Crippen LogP contribution in [0.15, 0.2) is 53.5 Å². The van der Waals surface area contributed by atoms with E-state index in [9.17, 15) is 0 Å². The lowest BCUT2D eigenvalue weighted by atomic mass is 9.99. The molecule has 0 saturated heterocycles. The van der Waals surface area contributed by atoms with Gasteiger partial charge in [0.25, 0.3) is 0 Å². The van der Waals surface area contributed by atoms with E-state index in [1.165, 1.54) is 16.7 Å². The van der Waals surface area contributed by atoms with E-state index < -0.39 is 0 Å². The first-order valence-corrected chi connectivity index (χ1v) is 8.41. The molecule has 2 aromatic rings. The van der Waals surface area contributed by atoms with E-state index in [1.54, 1.807) is 0 Å². The number of benzene rings is 2. The van der Waals surface area contributed by atoms with Crippen molar-refractivity contribution < 1.29 is 0 Å². The molecule has 0 amide bonds. The number of guanidine groups is 1. The van der Waals surface area contributed by atoms with E-state index in [-0.39, 0.29) is 0 Å². The number of aliphatic imine (C=N–C) groups is 1. The van der Waals surface area contributed by atoms with Gasteiger partial charge in [0.1, 0.15) is 0 Å². The summed E-state index contributed by atoms with van der Waals surface area (Å²) in [5.41, 5.74) is 5.19. The molecule has 3 nitrogen and oxygen atoms in total. The Hall–Kier alpha value is -2.29. The Kier molecular flexibility index (Phi) is 4.96. The minimum atomic E-state index is 0.708. The van der Waals surface area contributed by atoms with Crippen LogP contribution in [0.3, 0.4) is 0 Å². The summed E-state index contributed by atoms with van der Waals surface area (Å²) in [5, 5.41) is 6.51. The van der Waals surface area contributed by atoms with Crippen molar-refractivity contribution in [2.75, 3.05) is 18.4 Å².